The van der Waals surface area contributed by atoms with Crippen LogP contribution < -0.4 is 4.74 Å². The fourth-order valence-corrected chi connectivity index (χ4v) is 2.02. The molecular weight excluding hydrogens is 204 g/mol. The fraction of sp³-hybridized carbons (Fsp3) is 0.538. The van der Waals surface area contributed by atoms with Crippen molar-refractivity contribution in [1.29, 1.82) is 0 Å². The van der Waals surface area contributed by atoms with Crippen LogP contribution in [0.1, 0.15) is 38.2 Å². The Labute approximate surface area is 96.2 Å². The summed E-state index contributed by atoms with van der Waals surface area (Å²) >= 11 is 1.76. The summed E-state index contributed by atoms with van der Waals surface area (Å²) in [5.74, 6) is 1.65. The second-order valence-corrected chi connectivity index (χ2v) is 5.23. The normalized spacial score (nSPS) is 15.7. The highest BCUT2D eigenvalue weighted by molar-refractivity contribution is 7.98. The topological polar surface area (TPSA) is 9.23 Å². The predicted octanol–water partition coefficient (Wildman–Crippen LogP) is 4.07. The van der Waals surface area contributed by atoms with Gasteiger partial charge in [-0.2, -0.15) is 0 Å². The van der Waals surface area contributed by atoms with Gasteiger partial charge in [0.15, 0.2) is 0 Å². The van der Waals surface area contributed by atoms with E-state index in [2.05, 4.69) is 38.3 Å². The first-order valence-electron chi connectivity index (χ1n) is 5.55. The minimum Gasteiger partial charge on any atom is -0.489 e. The zero-order valence-electron chi connectivity index (χ0n) is 9.62. The van der Waals surface area contributed by atoms with Crippen LogP contribution in [0, 0.1) is 0 Å². The highest BCUT2D eigenvalue weighted by Gasteiger charge is 2.24. The molecule has 1 aliphatic rings. The van der Waals surface area contributed by atoms with Crippen LogP contribution >= 0.6 is 11.8 Å². The number of benzene rings is 1. The lowest BCUT2D eigenvalue weighted by atomic mass is 10.0. The number of rotatable bonds is 4. The third kappa shape index (κ3) is 2.69. The van der Waals surface area contributed by atoms with E-state index in [-0.39, 0.29) is 0 Å². The predicted molar refractivity (Wildman–Crippen MR) is 66.0 cm³/mol. The van der Waals surface area contributed by atoms with Crippen LogP contribution in [0.5, 0.6) is 5.75 Å². The maximum absolute atomic E-state index is 5.92. The highest BCUT2D eigenvalue weighted by Crippen LogP contribution is 2.35. The molecule has 1 aliphatic carbocycles. The summed E-state index contributed by atoms with van der Waals surface area (Å²) in [4.78, 5) is 1.26. The molecule has 0 bridgehead atoms. The van der Waals surface area contributed by atoms with Crippen molar-refractivity contribution >= 4 is 11.8 Å². The van der Waals surface area contributed by atoms with Crippen LogP contribution in [0.4, 0.5) is 0 Å². The molecule has 0 N–H and O–H groups in total. The van der Waals surface area contributed by atoms with Gasteiger partial charge in [0.2, 0.25) is 0 Å². The number of hydrogen-bond donors (Lipinski definition) is 0. The van der Waals surface area contributed by atoms with Gasteiger partial charge in [0.25, 0.3) is 0 Å². The van der Waals surface area contributed by atoms with Gasteiger partial charge in [0, 0.05) is 4.90 Å². The Morgan fingerprint density at radius 1 is 1.33 bits per heavy atom. The van der Waals surface area contributed by atoms with Gasteiger partial charge in [-0.1, -0.05) is 19.9 Å². The van der Waals surface area contributed by atoms with Crippen LogP contribution in [0.3, 0.4) is 0 Å². The molecule has 1 fully saturated rings. The summed E-state index contributed by atoms with van der Waals surface area (Å²) in [7, 11) is 0. The van der Waals surface area contributed by atoms with Gasteiger partial charge >= 0.3 is 0 Å². The van der Waals surface area contributed by atoms with Gasteiger partial charge < -0.3 is 4.74 Å². The van der Waals surface area contributed by atoms with Crippen molar-refractivity contribution in [3.63, 3.8) is 0 Å². The van der Waals surface area contributed by atoms with E-state index in [0.29, 0.717) is 12.0 Å². The largest absolute Gasteiger partial charge is 0.489 e. The van der Waals surface area contributed by atoms with Gasteiger partial charge in [0.05, 0.1) is 6.10 Å². The van der Waals surface area contributed by atoms with Crippen LogP contribution in [0.15, 0.2) is 23.1 Å². The van der Waals surface area contributed by atoms with E-state index in [1.165, 1.54) is 23.3 Å². The van der Waals surface area contributed by atoms with Gasteiger partial charge in [-0.15, -0.1) is 11.8 Å². The molecule has 0 aromatic heterocycles. The maximum atomic E-state index is 5.92. The SMILES string of the molecule is CSc1ccc(C(C)C)cc1OC1CC1. The van der Waals surface area contributed by atoms with E-state index in [1.807, 2.05) is 0 Å². The number of ether oxygens (including phenoxy) is 1. The van der Waals surface area contributed by atoms with Crippen LogP contribution in [-0.2, 0) is 0 Å². The standard InChI is InChI=1S/C13H18OS/c1-9(2)10-4-7-13(15-3)12(8-10)14-11-5-6-11/h4,7-9,11H,5-6H2,1-3H3. The molecule has 0 aliphatic heterocycles. The molecule has 0 saturated heterocycles. The van der Waals surface area contributed by atoms with Crippen molar-refractivity contribution in [2.45, 2.75) is 43.6 Å². The summed E-state index contributed by atoms with van der Waals surface area (Å²) in [6.45, 7) is 4.43. The van der Waals surface area contributed by atoms with Crippen molar-refractivity contribution in [2.24, 2.45) is 0 Å². The third-order valence-electron chi connectivity index (χ3n) is 2.67. The van der Waals surface area contributed by atoms with E-state index in [1.54, 1.807) is 11.8 Å². The summed E-state index contributed by atoms with van der Waals surface area (Å²) in [6.07, 6.45) is 5.03. The molecule has 82 valence electrons. The zero-order chi connectivity index (χ0) is 10.8. The first kappa shape index (κ1) is 10.9. The fourth-order valence-electron chi connectivity index (χ4n) is 1.51. The smallest absolute Gasteiger partial charge is 0.133 e. The average molecular weight is 222 g/mol. The lowest BCUT2D eigenvalue weighted by Crippen LogP contribution is -1.99. The van der Waals surface area contributed by atoms with Crippen molar-refractivity contribution < 1.29 is 4.74 Å². The molecule has 0 amide bonds. The van der Waals surface area contributed by atoms with E-state index >= 15 is 0 Å². The monoisotopic (exact) mass is 222 g/mol. The van der Waals surface area contributed by atoms with Crippen LogP contribution in [-0.4, -0.2) is 12.4 Å². The van der Waals surface area contributed by atoms with Gasteiger partial charge in [0.1, 0.15) is 5.75 Å². The number of thioether (sulfide) groups is 1. The van der Waals surface area contributed by atoms with Crippen LogP contribution in [0.25, 0.3) is 0 Å². The molecule has 0 atom stereocenters. The molecule has 2 heteroatoms. The summed E-state index contributed by atoms with van der Waals surface area (Å²) in [5, 5.41) is 0. The quantitative estimate of drug-likeness (QED) is 0.710. The minimum absolute atomic E-state index is 0.485. The van der Waals surface area contributed by atoms with Crippen LogP contribution in [0.2, 0.25) is 0 Å². The molecule has 1 aromatic carbocycles. The van der Waals surface area contributed by atoms with Gasteiger partial charge in [-0.25, -0.2) is 0 Å². The Balaban J connectivity index is 2.24. The molecule has 1 aromatic rings. The third-order valence-corrected chi connectivity index (χ3v) is 3.45. The molecule has 0 radical (unpaired) electrons. The Bertz CT molecular complexity index is 342. The van der Waals surface area contributed by atoms with E-state index in [4.69, 9.17) is 4.74 Å². The molecule has 0 heterocycles. The summed E-state index contributed by atoms with van der Waals surface area (Å²) in [6, 6.07) is 6.59. The maximum Gasteiger partial charge on any atom is 0.133 e. The molecule has 2 rings (SSSR count). The molecule has 0 unspecified atom stereocenters. The molecule has 0 spiro atoms. The van der Waals surface area contributed by atoms with E-state index in [0.717, 1.165) is 5.75 Å². The van der Waals surface area contributed by atoms with Gasteiger partial charge in [-0.05, 0) is 42.7 Å². The average Bonchev–Trinajstić information content (AvgIpc) is 3.01. The zero-order valence-corrected chi connectivity index (χ0v) is 10.4. The van der Waals surface area contributed by atoms with E-state index < -0.39 is 0 Å². The van der Waals surface area contributed by atoms with Crippen molar-refractivity contribution in [3.8, 4) is 5.75 Å². The summed E-state index contributed by atoms with van der Waals surface area (Å²) in [5.41, 5.74) is 1.36. The van der Waals surface area contributed by atoms with Gasteiger partial charge in [-0.3, -0.25) is 0 Å². The number of hydrogen-bond acceptors (Lipinski definition) is 2. The second kappa shape index (κ2) is 4.48. The first-order valence-corrected chi connectivity index (χ1v) is 6.77. The minimum atomic E-state index is 0.485. The Hall–Kier alpha value is -0.630. The Morgan fingerprint density at radius 3 is 2.60 bits per heavy atom. The lowest BCUT2D eigenvalue weighted by molar-refractivity contribution is 0.295. The van der Waals surface area contributed by atoms with Crippen molar-refractivity contribution in [1.82, 2.24) is 0 Å². The van der Waals surface area contributed by atoms with E-state index in [9.17, 15) is 0 Å². The van der Waals surface area contributed by atoms with Crippen molar-refractivity contribution in [2.75, 3.05) is 6.26 Å². The first-order chi connectivity index (χ1) is 7.20. The molecular formula is C13H18OS. The second-order valence-electron chi connectivity index (χ2n) is 4.38. The highest BCUT2D eigenvalue weighted by atomic mass is 32.2. The Kier molecular flexibility index (Phi) is 3.25. The van der Waals surface area contributed by atoms with Crippen molar-refractivity contribution in [3.05, 3.63) is 23.8 Å². The molecule has 1 nitrogen and oxygen atoms in total. The summed E-state index contributed by atoms with van der Waals surface area (Å²) < 4.78 is 5.92. The molecule has 15 heavy (non-hydrogen) atoms. The lowest BCUT2D eigenvalue weighted by Gasteiger charge is -2.13. The Morgan fingerprint density at radius 2 is 2.07 bits per heavy atom. The molecule has 1 saturated carbocycles.